The summed E-state index contributed by atoms with van der Waals surface area (Å²) in [5.41, 5.74) is 1.01. The lowest BCUT2D eigenvalue weighted by molar-refractivity contribution is -0.116. The van der Waals surface area contributed by atoms with Gasteiger partial charge >= 0.3 is 0 Å². The van der Waals surface area contributed by atoms with Crippen molar-refractivity contribution in [2.24, 2.45) is 0 Å². The van der Waals surface area contributed by atoms with E-state index in [0.717, 1.165) is 0 Å². The van der Waals surface area contributed by atoms with Gasteiger partial charge in [0, 0.05) is 23.9 Å². The molecule has 0 atom stereocenters. The van der Waals surface area contributed by atoms with Gasteiger partial charge in [0.05, 0.1) is 29.0 Å². The van der Waals surface area contributed by atoms with Crippen molar-refractivity contribution < 1.29 is 14.3 Å². The predicted octanol–water partition coefficient (Wildman–Crippen LogP) is 2.85. The molecule has 0 bridgehead atoms. The molecule has 27 heavy (non-hydrogen) atoms. The fourth-order valence-corrected chi connectivity index (χ4v) is 3.12. The van der Waals surface area contributed by atoms with Crippen LogP contribution >= 0.6 is 11.6 Å². The average Bonchev–Trinajstić information content (AvgIpc) is 2.68. The van der Waals surface area contributed by atoms with Crippen LogP contribution in [-0.4, -0.2) is 28.9 Å². The maximum atomic E-state index is 12.4. The second-order valence-electron chi connectivity index (χ2n) is 6.02. The van der Waals surface area contributed by atoms with Crippen molar-refractivity contribution in [1.29, 1.82) is 0 Å². The Kier molecular flexibility index (Phi) is 4.68. The van der Waals surface area contributed by atoms with Crippen molar-refractivity contribution in [3.63, 3.8) is 0 Å². The van der Waals surface area contributed by atoms with Gasteiger partial charge in [-0.2, -0.15) is 5.10 Å². The van der Waals surface area contributed by atoms with Crippen molar-refractivity contribution >= 4 is 34.1 Å². The molecule has 1 aromatic heterocycles. The summed E-state index contributed by atoms with van der Waals surface area (Å²) in [6.07, 6.45) is 1.43. The minimum atomic E-state index is -0.224. The lowest BCUT2D eigenvalue weighted by atomic mass is 10.2. The number of rotatable bonds is 4. The second-order valence-corrected chi connectivity index (χ2v) is 6.43. The minimum Gasteiger partial charge on any atom is -0.486 e. The Hall–Kier alpha value is -3.06. The number of halogens is 1. The summed E-state index contributed by atoms with van der Waals surface area (Å²) in [6, 6.07) is 10.5. The molecule has 0 saturated heterocycles. The van der Waals surface area contributed by atoms with Gasteiger partial charge in [0.15, 0.2) is 11.5 Å². The highest BCUT2D eigenvalue weighted by Gasteiger charge is 2.16. The highest BCUT2D eigenvalue weighted by Crippen LogP contribution is 2.37. The van der Waals surface area contributed by atoms with Crippen LogP contribution in [-0.2, 0) is 11.3 Å². The number of nitrogens with zero attached hydrogens (tertiary/aromatic N) is 2. The van der Waals surface area contributed by atoms with Gasteiger partial charge in [0.1, 0.15) is 13.2 Å². The molecule has 1 amide bonds. The van der Waals surface area contributed by atoms with Crippen LogP contribution in [0.2, 0.25) is 5.02 Å². The number of carbonyl (C=O) groups excluding carboxylic acids is 1. The molecule has 1 aliphatic heterocycles. The van der Waals surface area contributed by atoms with Crippen LogP contribution in [0.1, 0.15) is 6.42 Å². The van der Waals surface area contributed by atoms with Crippen LogP contribution in [0, 0.1) is 0 Å². The Morgan fingerprint density at radius 3 is 2.74 bits per heavy atom. The first-order chi connectivity index (χ1) is 13.1. The van der Waals surface area contributed by atoms with E-state index in [1.165, 1.54) is 6.20 Å². The molecule has 138 valence electrons. The molecule has 0 saturated carbocycles. The topological polar surface area (TPSA) is 82.5 Å². The molecule has 0 fully saturated rings. The number of carbonyl (C=O) groups is 1. The Labute approximate surface area is 159 Å². The van der Waals surface area contributed by atoms with Gasteiger partial charge in [-0.1, -0.05) is 23.7 Å². The number of benzene rings is 2. The fourth-order valence-electron chi connectivity index (χ4n) is 2.92. The molecule has 0 aliphatic carbocycles. The zero-order valence-corrected chi connectivity index (χ0v) is 15.0. The van der Waals surface area contributed by atoms with Crippen molar-refractivity contribution in [2.75, 3.05) is 18.5 Å². The lowest BCUT2D eigenvalue weighted by Crippen LogP contribution is -2.19. The smallest absolute Gasteiger partial charge is 0.226 e. The van der Waals surface area contributed by atoms with Crippen LogP contribution in [0.3, 0.4) is 0 Å². The van der Waals surface area contributed by atoms with Crippen molar-refractivity contribution in [3.8, 4) is 11.5 Å². The third-order valence-corrected chi connectivity index (χ3v) is 4.53. The van der Waals surface area contributed by atoms with Gasteiger partial charge in [-0.3, -0.25) is 14.3 Å². The van der Waals surface area contributed by atoms with Crippen LogP contribution < -0.4 is 20.2 Å². The third-order valence-electron chi connectivity index (χ3n) is 4.22. The molecular formula is C19H16ClN3O4. The van der Waals surface area contributed by atoms with E-state index in [2.05, 4.69) is 10.4 Å². The molecular weight excluding hydrogens is 370 g/mol. The molecule has 1 N–H and O–H groups in total. The summed E-state index contributed by atoms with van der Waals surface area (Å²) in [6.45, 7) is 1.25. The van der Waals surface area contributed by atoms with E-state index in [0.29, 0.717) is 52.9 Å². The van der Waals surface area contributed by atoms with Crippen molar-refractivity contribution in [1.82, 2.24) is 9.78 Å². The molecule has 0 unspecified atom stereocenters. The molecule has 2 heterocycles. The average molecular weight is 386 g/mol. The molecule has 0 spiro atoms. The molecule has 1 aliphatic rings. The molecule has 3 aromatic rings. The van der Waals surface area contributed by atoms with E-state index in [4.69, 9.17) is 21.1 Å². The van der Waals surface area contributed by atoms with Crippen LogP contribution in [0.4, 0.5) is 5.69 Å². The van der Waals surface area contributed by atoms with Crippen LogP contribution in [0.15, 0.2) is 47.4 Å². The molecule has 7 nitrogen and oxygen atoms in total. The fraction of sp³-hybridized carbons (Fsp3) is 0.211. The number of nitrogens with one attached hydrogen (secondary N) is 1. The normalized spacial score (nSPS) is 12.8. The van der Waals surface area contributed by atoms with Crippen molar-refractivity contribution in [3.05, 3.63) is 57.8 Å². The molecule has 4 rings (SSSR count). The highest BCUT2D eigenvalue weighted by atomic mass is 35.5. The number of fused-ring (bicyclic) bond motifs is 2. The first-order valence-corrected chi connectivity index (χ1v) is 8.83. The van der Waals surface area contributed by atoms with E-state index < -0.39 is 0 Å². The van der Waals surface area contributed by atoms with Gasteiger partial charge in [0.2, 0.25) is 11.3 Å². The maximum Gasteiger partial charge on any atom is 0.226 e. The number of aryl methyl sites for hydroxylation is 1. The zero-order chi connectivity index (χ0) is 18.8. The van der Waals surface area contributed by atoms with E-state index in [9.17, 15) is 9.59 Å². The Morgan fingerprint density at radius 1 is 1.19 bits per heavy atom. The largest absolute Gasteiger partial charge is 0.486 e. The Balaban J connectivity index is 1.48. The quantitative estimate of drug-likeness (QED) is 0.746. The number of ether oxygens (including phenoxy) is 2. The van der Waals surface area contributed by atoms with E-state index >= 15 is 0 Å². The number of para-hydroxylation sites is 1. The summed E-state index contributed by atoms with van der Waals surface area (Å²) in [5.74, 6) is 0.889. The van der Waals surface area contributed by atoms with E-state index in [-0.39, 0.29) is 17.8 Å². The lowest BCUT2D eigenvalue weighted by Gasteiger charge is -2.20. The number of aromatic nitrogens is 2. The van der Waals surface area contributed by atoms with Gasteiger partial charge < -0.3 is 14.8 Å². The SMILES string of the molecule is O=C(CCn1ncc(=O)c2ccccc21)Nc1cc2c(cc1Cl)OCCO2. The summed E-state index contributed by atoms with van der Waals surface area (Å²) in [4.78, 5) is 24.2. The van der Waals surface area contributed by atoms with Gasteiger partial charge in [-0.15, -0.1) is 0 Å². The highest BCUT2D eigenvalue weighted by molar-refractivity contribution is 6.34. The first-order valence-electron chi connectivity index (χ1n) is 8.46. The molecule has 8 heteroatoms. The summed E-state index contributed by atoms with van der Waals surface area (Å²) in [7, 11) is 0. The summed E-state index contributed by atoms with van der Waals surface area (Å²) < 4.78 is 12.6. The van der Waals surface area contributed by atoms with Crippen LogP contribution in [0.25, 0.3) is 10.9 Å². The van der Waals surface area contributed by atoms with E-state index in [1.807, 2.05) is 6.07 Å². The monoisotopic (exact) mass is 385 g/mol. The molecule has 0 radical (unpaired) electrons. The van der Waals surface area contributed by atoms with Crippen molar-refractivity contribution in [2.45, 2.75) is 13.0 Å². The Morgan fingerprint density at radius 2 is 1.93 bits per heavy atom. The number of hydrogen-bond acceptors (Lipinski definition) is 5. The molecule has 2 aromatic carbocycles. The maximum absolute atomic E-state index is 12.4. The zero-order valence-electron chi connectivity index (χ0n) is 14.3. The van der Waals surface area contributed by atoms with Gasteiger partial charge in [0.25, 0.3) is 0 Å². The van der Waals surface area contributed by atoms with Crippen LogP contribution in [0.5, 0.6) is 11.5 Å². The number of anilines is 1. The van der Waals surface area contributed by atoms with Gasteiger partial charge in [-0.25, -0.2) is 0 Å². The van der Waals surface area contributed by atoms with E-state index in [1.54, 1.807) is 35.0 Å². The Bertz CT molecular complexity index is 1080. The number of hydrogen-bond donors (Lipinski definition) is 1. The standard InChI is InChI=1S/C19H16ClN3O4/c20-13-9-17-18(27-8-7-26-17)10-14(13)22-19(25)5-6-23-15-4-2-1-3-12(15)16(24)11-21-23/h1-4,9-11H,5-8H2,(H,22,25). The summed E-state index contributed by atoms with van der Waals surface area (Å²) in [5, 5.41) is 7.85. The third kappa shape index (κ3) is 3.59. The second kappa shape index (κ2) is 7.28. The summed E-state index contributed by atoms with van der Waals surface area (Å²) >= 11 is 6.22. The number of amides is 1. The predicted molar refractivity (Wildman–Crippen MR) is 102 cm³/mol. The first kappa shape index (κ1) is 17.4. The minimum absolute atomic E-state index is 0.144. The van der Waals surface area contributed by atoms with Gasteiger partial charge in [-0.05, 0) is 12.1 Å².